The van der Waals surface area contributed by atoms with Crippen molar-refractivity contribution >= 4 is 11.9 Å². The Morgan fingerprint density at radius 2 is 1.81 bits per heavy atom. The van der Waals surface area contributed by atoms with Crippen molar-refractivity contribution in [1.82, 2.24) is 15.1 Å². The van der Waals surface area contributed by atoms with Crippen molar-refractivity contribution in [2.24, 2.45) is 0 Å². The number of hydrogen-bond acceptors (Lipinski definition) is 4. The van der Waals surface area contributed by atoms with Gasteiger partial charge in [-0.25, -0.2) is 4.68 Å². The molecule has 1 aromatic heterocycles. The second kappa shape index (κ2) is 8.80. The number of nitrogens with one attached hydrogen (secondary N) is 1. The molecule has 2 aromatic carbocycles. The minimum absolute atomic E-state index is 0.0878. The maximum atomic E-state index is 12.5. The van der Waals surface area contributed by atoms with Gasteiger partial charge in [-0.3, -0.25) is 9.59 Å². The zero-order chi connectivity index (χ0) is 19.1. The van der Waals surface area contributed by atoms with E-state index in [1.807, 2.05) is 66.9 Å². The van der Waals surface area contributed by atoms with Crippen LogP contribution in [0.3, 0.4) is 0 Å². The van der Waals surface area contributed by atoms with Crippen LogP contribution in [0, 0.1) is 0 Å². The van der Waals surface area contributed by atoms with Crippen molar-refractivity contribution in [1.29, 1.82) is 0 Å². The number of hydrogen-bond donors (Lipinski definition) is 1. The third kappa shape index (κ3) is 5.04. The van der Waals surface area contributed by atoms with Gasteiger partial charge < -0.3 is 10.1 Å². The monoisotopic (exact) mass is 363 g/mol. The molecule has 0 aliphatic heterocycles. The maximum Gasteiger partial charge on any atom is 0.307 e. The molecule has 0 fully saturated rings. The van der Waals surface area contributed by atoms with Gasteiger partial charge in [-0.1, -0.05) is 42.5 Å². The van der Waals surface area contributed by atoms with Crippen molar-refractivity contribution < 1.29 is 14.3 Å². The summed E-state index contributed by atoms with van der Waals surface area (Å²) in [4.78, 5) is 24.2. The van der Waals surface area contributed by atoms with E-state index in [1.165, 1.54) is 7.11 Å². The lowest BCUT2D eigenvalue weighted by Crippen LogP contribution is -2.31. The largest absolute Gasteiger partial charge is 0.469 e. The van der Waals surface area contributed by atoms with Gasteiger partial charge in [0, 0.05) is 12.4 Å². The van der Waals surface area contributed by atoms with Crippen LogP contribution >= 0.6 is 0 Å². The van der Waals surface area contributed by atoms with Crippen LogP contribution in [-0.2, 0) is 20.7 Å². The predicted molar refractivity (Wildman–Crippen MR) is 101 cm³/mol. The number of carbonyl (C=O) groups excluding carboxylic acids is 2. The summed E-state index contributed by atoms with van der Waals surface area (Å²) in [6, 6.07) is 18.5. The van der Waals surface area contributed by atoms with E-state index >= 15 is 0 Å². The Morgan fingerprint density at radius 3 is 2.44 bits per heavy atom. The third-order valence-corrected chi connectivity index (χ3v) is 4.21. The second-order valence-electron chi connectivity index (χ2n) is 6.10. The number of esters is 1. The number of rotatable bonds is 7. The molecule has 1 atom stereocenters. The first-order chi connectivity index (χ1) is 13.2. The standard InChI is InChI=1S/C21H21N3O3/c1-27-21(26)15-19(17-6-3-2-4-7-17)23-20(25)14-16-8-10-18(11-9-16)24-13-5-12-22-24/h2-13,19H,14-15H2,1H3,(H,23,25)/t19-/m1/s1. The number of nitrogens with zero attached hydrogens (tertiary/aromatic N) is 2. The van der Waals surface area contributed by atoms with Crippen LogP contribution in [0.4, 0.5) is 0 Å². The summed E-state index contributed by atoms with van der Waals surface area (Å²) in [5.74, 6) is -0.521. The van der Waals surface area contributed by atoms with Crippen molar-refractivity contribution in [3.63, 3.8) is 0 Å². The van der Waals surface area contributed by atoms with Gasteiger partial charge in [-0.15, -0.1) is 0 Å². The molecule has 0 aliphatic carbocycles. The fraction of sp³-hybridized carbons (Fsp3) is 0.190. The minimum atomic E-state index is -0.422. The van der Waals surface area contributed by atoms with E-state index in [9.17, 15) is 9.59 Å². The van der Waals surface area contributed by atoms with Gasteiger partial charge in [0.1, 0.15) is 0 Å². The third-order valence-electron chi connectivity index (χ3n) is 4.21. The Bertz CT molecular complexity index is 875. The van der Waals surface area contributed by atoms with Gasteiger partial charge >= 0.3 is 5.97 Å². The van der Waals surface area contributed by atoms with Crippen LogP contribution in [-0.4, -0.2) is 28.8 Å². The molecule has 6 nitrogen and oxygen atoms in total. The normalized spacial score (nSPS) is 11.6. The van der Waals surface area contributed by atoms with Crippen LogP contribution < -0.4 is 5.32 Å². The van der Waals surface area contributed by atoms with Crippen molar-refractivity contribution in [2.45, 2.75) is 18.9 Å². The fourth-order valence-corrected chi connectivity index (χ4v) is 2.81. The van der Waals surface area contributed by atoms with E-state index in [0.717, 1.165) is 16.8 Å². The molecule has 27 heavy (non-hydrogen) atoms. The molecule has 1 amide bonds. The van der Waals surface area contributed by atoms with Crippen molar-refractivity contribution in [3.8, 4) is 5.69 Å². The fourth-order valence-electron chi connectivity index (χ4n) is 2.81. The molecule has 0 unspecified atom stereocenters. The number of amides is 1. The predicted octanol–water partition coefficient (Wildman–Crippen LogP) is 2.84. The van der Waals surface area contributed by atoms with Crippen LogP contribution in [0.1, 0.15) is 23.6 Å². The van der Waals surface area contributed by atoms with Crippen molar-refractivity contribution in [3.05, 3.63) is 84.2 Å². The van der Waals surface area contributed by atoms with Gasteiger partial charge in [-0.2, -0.15) is 5.10 Å². The number of benzene rings is 2. The van der Waals surface area contributed by atoms with E-state index in [-0.39, 0.29) is 24.7 Å². The molecular weight excluding hydrogens is 342 g/mol. The van der Waals surface area contributed by atoms with Crippen molar-refractivity contribution in [2.75, 3.05) is 7.11 Å². The molecule has 0 saturated heterocycles. The Kier molecular flexibility index (Phi) is 5.99. The zero-order valence-corrected chi connectivity index (χ0v) is 15.0. The molecule has 6 heteroatoms. The van der Waals surface area contributed by atoms with E-state index in [0.29, 0.717) is 0 Å². The summed E-state index contributed by atoms with van der Waals surface area (Å²) < 4.78 is 6.51. The molecule has 0 aliphatic rings. The SMILES string of the molecule is COC(=O)C[C@@H](NC(=O)Cc1ccc(-n2cccn2)cc1)c1ccccc1. The molecule has 1 N–H and O–H groups in total. The summed E-state index contributed by atoms with van der Waals surface area (Å²) in [5.41, 5.74) is 2.68. The van der Waals surface area contributed by atoms with E-state index < -0.39 is 6.04 Å². The summed E-state index contributed by atoms with van der Waals surface area (Å²) >= 11 is 0. The highest BCUT2D eigenvalue weighted by atomic mass is 16.5. The number of ether oxygens (including phenoxy) is 1. The highest BCUT2D eigenvalue weighted by Gasteiger charge is 2.19. The number of aromatic nitrogens is 2. The van der Waals surface area contributed by atoms with E-state index in [1.54, 1.807) is 10.9 Å². The lowest BCUT2D eigenvalue weighted by molar-refractivity contribution is -0.141. The Labute approximate surface area is 157 Å². The number of carbonyl (C=O) groups is 2. The van der Waals surface area contributed by atoms with Crippen LogP contribution in [0.5, 0.6) is 0 Å². The summed E-state index contributed by atoms with van der Waals surface area (Å²) in [7, 11) is 1.34. The molecular formula is C21H21N3O3. The Balaban J connectivity index is 1.66. The van der Waals surface area contributed by atoms with Crippen LogP contribution in [0.2, 0.25) is 0 Å². The van der Waals surface area contributed by atoms with E-state index in [4.69, 9.17) is 4.74 Å². The summed E-state index contributed by atoms with van der Waals surface area (Å²) in [6.07, 6.45) is 3.89. The van der Waals surface area contributed by atoms with Gasteiger partial charge in [0.15, 0.2) is 0 Å². The molecule has 1 heterocycles. The molecule has 138 valence electrons. The molecule has 0 spiro atoms. The van der Waals surface area contributed by atoms with Gasteiger partial charge in [-0.05, 0) is 29.3 Å². The maximum absolute atomic E-state index is 12.5. The highest BCUT2D eigenvalue weighted by molar-refractivity contribution is 5.80. The minimum Gasteiger partial charge on any atom is -0.469 e. The van der Waals surface area contributed by atoms with E-state index in [2.05, 4.69) is 10.4 Å². The quantitative estimate of drug-likeness (QED) is 0.655. The topological polar surface area (TPSA) is 73.2 Å². The van der Waals surface area contributed by atoms with Gasteiger partial charge in [0.25, 0.3) is 0 Å². The first-order valence-corrected chi connectivity index (χ1v) is 8.66. The lowest BCUT2D eigenvalue weighted by atomic mass is 10.0. The summed E-state index contributed by atoms with van der Waals surface area (Å²) in [6.45, 7) is 0. The highest BCUT2D eigenvalue weighted by Crippen LogP contribution is 2.18. The molecule has 0 saturated carbocycles. The first kappa shape index (κ1) is 18.4. The summed E-state index contributed by atoms with van der Waals surface area (Å²) in [5, 5.41) is 7.11. The second-order valence-corrected chi connectivity index (χ2v) is 6.10. The molecule has 3 rings (SSSR count). The zero-order valence-electron chi connectivity index (χ0n) is 15.0. The average molecular weight is 363 g/mol. The smallest absolute Gasteiger partial charge is 0.307 e. The van der Waals surface area contributed by atoms with Gasteiger partial charge in [0.2, 0.25) is 5.91 Å². The van der Waals surface area contributed by atoms with Gasteiger partial charge in [0.05, 0.1) is 31.7 Å². The van der Waals surface area contributed by atoms with Crippen LogP contribution in [0.15, 0.2) is 73.1 Å². The molecule has 3 aromatic rings. The molecule has 0 radical (unpaired) electrons. The first-order valence-electron chi connectivity index (χ1n) is 8.66. The number of methoxy groups -OCH3 is 1. The average Bonchev–Trinajstić information content (AvgIpc) is 3.23. The molecule has 0 bridgehead atoms. The Hall–Kier alpha value is -3.41. The Morgan fingerprint density at radius 1 is 1.07 bits per heavy atom. The van der Waals surface area contributed by atoms with Crippen LogP contribution in [0.25, 0.3) is 5.69 Å². The lowest BCUT2D eigenvalue weighted by Gasteiger charge is -2.18.